The van der Waals surface area contributed by atoms with Crippen molar-refractivity contribution in [2.75, 3.05) is 0 Å². The normalized spacial score (nSPS) is 26.9. The van der Waals surface area contributed by atoms with Crippen LogP contribution < -0.4 is 0 Å². The van der Waals surface area contributed by atoms with Crippen LogP contribution in [0.2, 0.25) is 0 Å². The van der Waals surface area contributed by atoms with Gasteiger partial charge in [0.25, 0.3) is 0 Å². The van der Waals surface area contributed by atoms with E-state index in [4.69, 9.17) is 9.47 Å². The van der Waals surface area contributed by atoms with E-state index in [0.717, 1.165) is 5.57 Å². The summed E-state index contributed by atoms with van der Waals surface area (Å²) in [7, 11) is 0. The van der Waals surface area contributed by atoms with E-state index in [0.29, 0.717) is 30.4 Å². The van der Waals surface area contributed by atoms with Gasteiger partial charge in [-0.3, -0.25) is 0 Å². The largest absolute Gasteiger partial charge is 0.508 e. The van der Waals surface area contributed by atoms with E-state index in [1.807, 2.05) is 45.1 Å². The predicted octanol–water partition coefficient (Wildman–Crippen LogP) is 4.75. The first-order valence-electron chi connectivity index (χ1n) is 9.80. The number of cyclic esters (lactones) is 1. The lowest BCUT2D eigenvalue weighted by atomic mass is 9.94. The predicted molar refractivity (Wildman–Crippen MR) is 110 cm³/mol. The molecule has 152 valence electrons. The highest BCUT2D eigenvalue weighted by molar-refractivity contribution is 5.95. The highest BCUT2D eigenvalue weighted by atomic mass is 16.6. The minimum atomic E-state index is -0.586. The molecule has 0 radical (unpaired) electrons. The maximum atomic E-state index is 12.7. The quantitative estimate of drug-likeness (QED) is 0.497. The molecule has 28 heavy (non-hydrogen) atoms. The van der Waals surface area contributed by atoms with Crippen LogP contribution in [-0.4, -0.2) is 34.5 Å². The van der Waals surface area contributed by atoms with Crippen molar-refractivity contribution in [3.05, 3.63) is 59.2 Å². The highest BCUT2D eigenvalue weighted by Gasteiger charge is 2.38. The zero-order chi connectivity index (χ0) is 20.8. The number of carbonyl (C=O) groups excluding carboxylic acids is 1. The number of fused-ring (bicyclic) bond motifs is 2. The number of esters is 1. The van der Waals surface area contributed by atoms with E-state index in [1.54, 1.807) is 6.92 Å². The molecule has 1 aromatic carbocycles. The van der Waals surface area contributed by atoms with Crippen LogP contribution in [-0.2, 0) is 15.9 Å². The Hall–Kier alpha value is -2.53. The molecule has 2 aliphatic heterocycles. The summed E-state index contributed by atoms with van der Waals surface area (Å²) >= 11 is 0. The number of benzene rings is 1. The Balaban J connectivity index is 0.00000136. The molecule has 2 N–H and O–H groups in total. The third kappa shape index (κ3) is 5.26. The van der Waals surface area contributed by atoms with Crippen molar-refractivity contribution in [1.82, 2.24) is 0 Å². The van der Waals surface area contributed by atoms with Gasteiger partial charge in [-0.2, -0.15) is 0 Å². The van der Waals surface area contributed by atoms with Crippen LogP contribution in [0, 0.1) is 6.92 Å². The van der Waals surface area contributed by atoms with Crippen molar-refractivity contribution in [3.8, 4) is 11.5 Å². The Morgan fingerprint density at radius 2 is 1.86 bits per heavy atom. The van der Waals surface area contributed by atoms with Crippen LogP contribution >= 0.6 is 0 Å². The molecular formula is C23H30O5. The first kappa shape index (κ1) is 21.8. The number of allylic oxidation sites excluding steroid dienone is 4. The summed E-state index contributed by atoms with van der Waals surface area (Å²) in [4.78, 5) is 12.7. The lowest BCUT2D eigenvalue weighted by molar-refractivity contribution is 0.0305. The van der Waals surface area contributed by atoms with E-state index in [1.165, 1.54) is 6.07 Å². The van der Waals surface area contributed by atoms with E-state index in [-0.39, 0.29) is 35.4 Å². The number of carbonyl (C=O) groups is 1. The van der Waals surface area contributed by atoms with Gasteiger partial charge in [0.1, 0.15) is 29.3 Å². The summed E-state index contributed by atoms with van der Waals surface area (Å²) < 4.78 is 11.1. The molecule has 1 aromatic rings. The maximum Gasteiger partial charge on any atom is 0.342 e. The molecular weight excluding hydrogens is 356 g/mol. The van der Waals surface area contributed by atoms with Crippen LogP contribution in [0.5, 0.6) is 11.5 Å². The van der Waals surface area contributed by atoms with E-state index in [2.05, 4.69) is 6.58 Å². The van der Waals surface area contributed by atoms with Gasteiger partial charge in [-0.15, -0.1) is 0 Å². The molecule has 0 spiro atoms. The zero-order valence-electron chi connectivity index (χ0n) is 17.1. The average molecular weight is 386 g/mol. The fourth-order valence-corrected chi connectivity index (χ4v) is 3.21. The summed E-state index contributed by atoms with van der Waals surface area (Å²) in [6.07, 6.45) is 9.11. The molecule has 3 unspecified atom stereocenters. The monoisotopic (exact) mass is 386 g/mol. The number of rotatable bonds is 0. The molecule has 2 aliphatic rings. The topological polar surface area (TPSA) is 79.3 Å². The van der Waals surface area contributed by atoms with Crippen LogP contribution in [0.3, 0.4) is 0 Å². The molecule has 0 saturated carbocycles. The Labute approximate surface area is 167 Å². The zero-order valence-corrected chi connectivity index (χ0v) is 17.1. The van der Waals surface area contributed by atoms with Crippen molar-refractivity contribution in [2.24, 2.45) is 0 Å². The third-order valence-electron chi connectivity index (χ3n) is 4.81. The number of hydrogen-bond acceptors (Lipinski definition) is 5. The summed E-state index contributed by atoms with van der Waals surface area (Å²) in [6, 6.07) is 1.19. The van der Waals surface area contributed by atoms with Crippen LogP contribution in [0.25, 0.3) is 0 Å². The van der Waals surface area contributed by atoms with Crippen LogP contribution in [0.15, 0.2) is 42.5 Å². The maximum absolute atomic E-state index is 12.7. The van der Waals surface area contributed by atoms with Gasteiger partial charge >= 0.3 is 5.97 Å². The van der Waals surface area contributed by atoms with Gasteiger partial charge in [-0.1, -0.05) is 50.3 Å². The summed E-state index contributed by atoms with van der Waals surface area (Å²) in [5, 5.41) is 20.3. The van der Waals surface area contributed by atoms with Gasteiger partial charge in [0.15, 0.2) is 0 Å². The SMILES string of the molecule is C=C1/C=C/C=C\C2OC2CC(C)OC(=O)c2c(O)cc(O)c(C)c2CC1.CC. The second-order valence-corrected chi connectivity index (χ2v) is 6.89. The molecule has 0 aliphatic carbocycles. The van der Waals surface area contributed by atoms with Gasteiger partial charge in [-0.25, -0.2) is 4.79 Å². The van der Waals surface area contributed by atoms with Crippen LogP contribution in [0.4, 0.5) is 0 Å². The second kappa shape index (κ2) is 9.60. The van der Waals surface area contributed by atoms with Crippen LogP contribution in [0.1, 0.15) is 55.1 Å². The molecule has 0 bridgehead atoms. The van der Waals surface area contributed by atoms with Gasteiger partial charge in [0.2, 0.25) is 0 Å². The van der Waals surface area contributed by atoms with Crippen molar-refractivity contribution >= 4 is 5.97 Å². The number of ether oxygens (including phenoxy) is 2. The second-order valence-electron chi connectivity index (χ2n) is 6.89. The van der Waals surface area contributed by atoms with Gasteiger partial charge in [0.05, 0.1) is 6.10 Å². The third-order valence-corrected chi connectivity index (χ3v) is 4.81. The Kier molecular flexibility index (Phi) is 7.46. The van der Waals surface area contributed by atoms with Crippen molar-refractivity contribution in [3.63, 3.8) is 0 Å². The molecule has 3 rings (SSSR count). The lowest BCUT2D eigenvalue weighted by Crippen LogP contribution is -2.19. The molecule has 0 aromatic heterocycles. The minimum Gasteiger partial charge on any atom is -0.508 e. The number of hydrogen-bond donors (Lipinski definition) is 2. The summed E-state index contributed by atoms with van der Waals surface area (Å²) in [6.45, 7) is 11.6. The molecule has 5 nitrogen and oxygen atoms in total. The first-order valence-corrected chi connectivity index (χ1v) is 9.80. The minimum absolute atomic E-state index is 0.0328. The highest BCUT2D eigenvalue weighted by Crippen LogP contribution is 2.35. The van der Waals surface area contributed by atoms with Crippen molar-refractivity contribution in [2.45, 2.75) is 65.3 Å². The number of phenolic OH excluding ortho intramolecular Hbond substituents is 2. The Morgan fingerprint density at radius 1 is 1.14 bits per heavy atom. The Bertz CT molecular complexity index is 791. The number of phenols is 2. The molecule has 1 saturated heterocycles. The lowest BCUT2D eigenvalue weighted by Gasteiger charge is -2.18. The molecule has 2 heterocycles. The smallest absolute Gasteiger partial charge is 0.342 e. The molecule has 1 fully saturated rings. The molecule has 5 heteroatoms. The van der Waals surface area contributed by atoms with E-state index < -0.39 is 5.97 Å². The average Bonchev–Trinajstić information content (AvgIpc) is 3.38. The van der Waals surface area contributed by atoms with E-state index >= 15 is 0 Å². The molecule has 0 amide bonds. The van der Waals surface area contributed by atoms with E-state index in [9.17, 15) is 15.0 Å². The fourth-order valence-electron chi connectivity index (χ4n) is 3.21. The summed E-state index contributed by atoms with van der Waals surface area (Å²) in [5.41, 5.74) is 2.15. The molecule has 3 atom stereocenters. The number of aromatic hydroxyl groups is 2. The van der Waals surface area contributed by atoms with Gasteiger partial charge in [0, 0.05) is 12.5 Å². The first-order chi connectivity index (χ1) is 13.4. The van der Waals surface area contributed by atoms with Gasteiger partial charge in [-0.05, 0) is 37.8 Å². The number of epoxide rings is 1. The van der Waals surface area contributed by atoms with Gasteiger partial charge < -0.3 is 19.7 Å². The summed E-state index contributed by atoms with van der Waals surface area (Å²) in [5.74, 6) is -0.900. The Morgan fingerprint density at radius 3 is 2.57 bits per heavy atom. The van der Waals surface area contributed by atoms with Crippen molar-refractivity contribution < 1.29 is 24.5 Å². The van der Waals surface area contributed by atoms with Crippen molar-refractivity contribution in [1.29, 1.82) is 0 Å². The standard InChI is InChI=1S/C21H24O5.C2H6/c1-12-6-4-5-7-18-19(26-18)10-13(2)25-21(24)20-15(9-8-12)14(3)16(22)11-17(20)23;1-2/h4-7,11,13,18-19,22-23H,1,8-10H2,2-3H3;1-2H3/b6-4+,7-5-;. The fraction of sp³-hybridized carbons (Fsp3) is 0.435.